The van der Waals surface area contributed by atoms with Gasteiger partial charge >= 0.3 is 0 Å². The molecule has 0 aromatic heterocycles. The first kappa shape index (κ1) is 24.0. The minimum absolute atomic E-state index is 0. The Balaban J connectivity index is 0.00000320. The van der Waals surface area contributed by atoms with Gasteiger partial charge in [-0.3, -0.25) is 9.79 Å². The molecule has 1 aliphatic rings. The second-order valence-electron chi connectivity index (χ2n) is 7.28. The fourth-order valence-electron chi connectivity index (χ4n) is 3.39. The third kappa shape index (κ3) is 6.35. The Morgan fingerprint density at radius 1 is 1.20 bits per heavy atom. The van der Waals surface area contributed by atoms with Crippen molar-refractivity contribution in [2.45, 2.75) is 25.8 Å². The summed E-state index contributed by atoms with van der Waals surface area (Å²) >= 11 is 0. The number of ether oxygens (including phenoxy) is 1. The van der Waals surface area contributed by atoms with Gasteiger partial charge in [-0.25, -0.2) is 0 Å². The molecule has 6 nitrogen and oxygen atoms in total. The second kappa shape index (κ2) is 11.8. The third-order valence-corrected chi connectivity index (χ3v) is 4.86. The van der Waals surface area contributed by atoms with Gasteiger partial charge in [0, 0.05) is 44.7 Å². The molecular formula is C23H31IN4O2. The van der Waals surface area contributed by atoms with E-state index in [0.29, 0.717) is 18.7 Å². The van der Waals surface area contributed by atoms with Crippen molar-refractivity contribution in [1.82, 2.24) is 15.5 Å². The molecule has 2 aromatic rings. The van der Waals surface area contributed by atoms with Gasteiger partial charge in [0.2, 0.25) is 0 Å². The molecule has 0 radical (unpaired) electrons. The topological polar surface area (TPSA) is 66.0 Å². The average Bonchev–Trinajstić information content (AvgIpc) is 2.73. The minimum atomic E-state index is 0. The van der Waals surface area contributed by atoms with Crippen LogP contribution in [0.3, 0.4) is 0 Å². The molecule has 1 atom stereocenters. The number of carbonyl (C=O) groups excluding carboxylic acids is 1. The molecule has 0 aliphatic carbocycles. The van der Waals surface area contributed by atoms with Crippen LogP contribution in [0.15, 0.2) is 53.5 Å². The van der Waals surface area contributed by atoms with Gasteiger partial charge in [0.15, 0.2) is 5.96 Å². The lowest BCUT2D eigenvalue weighted by atomic mass is 10.0. The summed E-state index contributed by atoms with van der Waals surface area (Å²) in [5.74, 6) is 1.76. The number of guanidine groups is 1. The van der Waals surface area contributed by atoms with Gasteiger partial charge in [-0.15, -0.1) is 24.0 Å². The quantitative estimate of drug-likeness (QED) is 0.346. The summed E-state index contributed by atoms with van der Waals surface area (Å²) in [6, 6.07) is 16.1. The first-order valence-electron chi connectivity index (χ1n) is 10.2. The third-order valence-electron chi connectivity index (χ3n) is 4.86. The maximum atomic E-state index is 12.2. The molecule has 0 fully saturated rings. The van der Waals surface area contributed by atoms with Crippen molar-refractivity contribution in [1.29, 1.82) is 0 Å². The summed E-state index contributed by atoms with van der Waals surface area (Å²) in [5, 5.41) is 6.87. The van der Waals surface area contributed by atoms with E-state index in [1.807, 2.05) is 42.5 Å². The van der Waals surface area contributed by atoms with E-state index in [2.05, 4.69) is 23.6 Å². The maximum absolute atomic E-state index is 12.2. The highest BCUT2D eigenvalue weighted by Gasteiger charge is 2.21. The fraction of sp³-hybridized carbons (Fsp3) is 0.391. The summed E-state index contributed by atoms with van der Waals surface area (Å²) in [4.78, 5) is 18.5. The van der Waals surface area contributed by atoms with Crippen LogP contribution in [0.4, 0.5) is 0 Å². The largest absolute Gasteiger partial charge is 0.493 e. The highest BCUT2D eigenvalue weighted by atomic mass is 127. The normalized spacial score (nSPS) is 15.3. The highest BCUT2D eigenvalue weighted by Crippen LogP contribution is 2.31. The molecule has 1 aliphatic heterocycles. The zero-order valence-electron chi connectivity index (χ0n) is 17.9. The van der Waals surface area contributed by atoms with Crippen molar-refractivity contribution in [3.05, 3.63) is 65.2 Å². The Bertz CT molecular complexity index is 870. The Morgan fingerprint density at radius 3 is 2.77 bits per heavy atom. The van der Waals surface area contributed by atoms with Crippen LogP contribution in [0.2, 0.25) is 0 Å². The van der Waals surface area contributed by atoms with Gasteiger partial charge in [0.05, 0.1) is 12.6 Å². The number of amides is 1. The zero-order valence-corrected chi connectivity index (χ0v) is 20.2. The van der Waals surface area contributed by atoms with E-state index in [1.165, 1.54) is 5.56 Å². The predicted molar refractivity (Wildman–Crippen MR) is 132 cm³/mol. The summed E-state index contributed by atoms with van der Waals surface area (Å²) in [7, 11) is 3.53. The molecule has 0 spiro atoms. The summed E-state index contributed by atoms with van der Waals surface area (Å²) in [5.41, 5.74) is 2.98. The molecule has 3 rings (SSSR count). The number of carbonyl (C=O) groups is 1. The SMILES string of the molecule is CCNC(=NCCc1cccc(C(=O)N(C)C)c1)NC1CCOc2ccccc21.I. The fourth-order valence-corrected chi connectivity index (χ4v) is 3.39. The van der Waals surface area contributed by atoms with Crippen LogP contribution in [0.1, 0.15) is 40.9 Å². The Kier molecular flexibility index (Phi) is 9.42. The van der Waals surface area contributed by atoms with Crippen LogP contribution in [0.5, 0.6) is 5.75 Å². The molecule has 0 saturated carbocycles. The van der Waals surface area contributed by atoms with Crippen LogP contribution >= 0.6 is 24.0 Å². The van der Waals surface area contributed by atoms with Crippen molar-refractivity contribution >= 4 is 35.8 Å². The molecule has 30 heavy (non-hydrogen) atoms. The zero-order chi connectivity index (χ0) is 20.6. The van der Waals surface area contributed by atoms with Gasteiger partial charge in [-0.1, -0.05) is 30.3 Å². The Morgan fingerprint density at radius 2 is 2.00 bits per heavy atom. The molecule has 1 unspecified atom stereocenters. The number of nitrogens with one attached hydrogen (secondary N) is 2. The highest BCUT2D eigenvalue weighted by molar-refractivity contribution is 14.0. The standard InChI is InChI=1S/C23H30N4O2.HI/c1-4-24-23(26-20-13-15-29-21-11-6-5-10-19(20)21)25-14-12-17-8-7-9-18(16-17)22(28)27(2)3;/h5-11,16,20H,4,12-15H2,1-3H3,(H2,24,25,26);1H. The van der Waals surface area contributed by atoms with E-state index in [0.717, 1.165) is 36.7 Å². The molecular weight excluding hydrogens is 491 g/mol. The molecule has 7 heteroatoms. The number of benzene rings is 2. The first-order valence-corrected chi connectivity index (χ1v) is 10.2. The lowest BCUT2D eigenvalue weighted by Crippen LogP contribution is -2.41. The Hall–Kier alpha value is -2.29. The smallest absolute Gasteiger partial charge is 0.253 e. The van der Waals surface area contributed by atoms with E-state index in [1.54, 1.807) is 19.0 Å². The summed E-state index contributed by atoms with van der Waals surface area (Å²) in [6.07, 6.45) is 1.67. The van der Waals surface area contributed by atoms with E-state index >= 15 is 0 Å². The van der Waals surface area contributed by atoms with E-state index in [4.69, 9.17) is 9.73 Å². The predicted octanol–water partition coefficient (Wildman–Crippen LogP) is 3.63. The number of hydrogen-bond donors (Lipinski definition) is 2. The second-order valence-corrected chi connectivity index (χ2v) is 7.28. The summed E-state index contributed by atoms with van der Waals surface area (Å²) in [6.45, 7) is 4.19. The van der Waals surface area contributed by atoms with Gasteiger partial charge in [0.1, 0.15) is 5.75 Å². The molecule has 162 valence electrons. The number of halogens is 1. The van der Waals surface area contributed by atoms with Crippen molar-refractivity contribution < 1.29 is 9.53 Å². The minimum Gasteiger partial charge on any atom is -0.493 e. The van der Waals surface area contributed by atoms with Crippen LogP contribution < -0.4 is 15.4 Å². The van der Waals surface area contributed by atoms with Crippen LogP contribution in [-0.2, 0) is 6.42 Å². The van der Waals surface area contributed by atoms with Gasteiger partial charge in [-0.05, 0) is 37.1 Å². The van der Waals surface area contributed by atoms with Crippen molar-refractivity contribution in [3.63, 3.8) is 0 Å². The molecule has 0 saturated heterocycles. The molecule has 2 N–H and O–H groups in total. The van der Waals surface area contributed by atoms with Crippen molar-refractivity contribution in [2.24, 2.45) is 4.99 Å². The number of hydrogen-bond acceptors (Lipinski definition) is 3. The van der Waals surface area contributed by atoms with E-state index in [-0.39, 0.29) is 35.9 Å². The van der Waals surface area contributed by atoms with E-state index in [9.17, 15) is 4.79 Å². The van der Waals surface area contributed by atoms with Crippen LogP contribution in [0.25, 0.3) is 0 Å². The number of nitrogens with zero attached hydrogens (tertiary/aromatic N) is 2. The summed E-state index contributed by atoms with van der Waals surface area (Å²) < 4.78 is 5.75. The van der Waals surface area contributed by atoms with Gasteiger partial charge in [-0.2, -0.15) is 0 Å². The maximum Gasteiger partial charge on any atom is 0.253 e. The molecule has 1 amide bonds. The lowest BCUT2D eigenvalue weighted by Gasteiger charge is -2.28. The van der Waals surface area contributed by atoms with Crippen molar-refractivity contribution in [2.75, 3.05) is 33.8 Å². The average molecular weight is 522 g/mol. The van der Waals surface area contributed by atoms with Crippen LogP contribution in [-0.4, -0.2) is 50.6 Å². The number of aliphatic imine (C=N–C) groups is 1. The number of para-hydroxylation sites is 1. The van der Waals surface area contributed by atoms with Gasteiger partial charge in [0.25, 0.3) is 5.91 Å². The van der Waals surface area contributed by atoms with E-state index < -0.39 is 0 Å². The molecule has 2 aromatic carbocycles. The van der Waals surface area contributed by atoms with Gasteiger partial charge < -0.3 is 20.3 Å². The molecule has 0 bridgehead atoms. The molecule has 1 heterocycles. The van der Waals surface area contributed by atoms with Crippen molar-refractivity contribution in [3.8, 4) is 5.75 Å². The van der Waals surface area contributed by atoms with Crippen LogP contribution in [0, 0.1) is 0 Å². The monoisotopic (exact) mass is 522 g/mol. The number of fused-ring (bicyclic) bond motifs is 1. The number of rotatable bonds is 6. The first-order chi connectivity index (χ1) is 14.1. The Labute approximate surface area is 196 Å². The lowest BCUT2D eigenvalue weighted by molar-refractivity contribution is 0.0827.